The lowest BCUT2D eigenvalue weighted by molar-refractivity contribution is 0.267. The predicted octanol–water partition coefficient (Wildman–Crippen LogP) is 2.56. The van der Waals surface area contributed by atoms with Gasteiger partial charge in [-0.25, -0.2) is 0 Å². The molecule has 0 heterocycles. The van der Waals surface area contributed by atoms with Crippen LogP contribution in [-0.2, 0) is 0 Å². The Labute approximate surface area is 70.6 Å². The first kappa shape index (κ1) is 9.05. The molecule has 1 aliphatic carbocycles. The molecule has 1 saturated carbocycles. The van der Waals surface area contributed by atoms with Gasteiger partial charge in [0.2, 0.25) is 0 Å². The molecule has 66 valence electrons. The summed E-state index contributed by atoms with van der Waals surface area (Å²) in [5.74, 6) is 0.895. The lowest BCUT2D eigenvalue weighted by Gasteiger charge is -2.31. The SMILES string of the molecule is CC(C)NC1CCCCC1C. The summed E-state index contributed by atoms with van der Waals surface area (Å²) in [6.45, 7) is 6.85. The van der Waals surface area contributed by atoms with Crippen molar-refractivity contribution in [2.24, 2.45) is 5.92 Å². The second-order valence-corrected chi connectivity index (χ2v) is 4.19. The molecular formula is C10H21N. The van der Waals surface area contributed by atoms with E-state index in [4.69, 9.17) is 0 Å². The normalized spacial score (nSPS) is 32.7. The summed E-state index contributed by atoms with van der Waals surface area (Å²) in [6, 6.07) is 1.45. The zero-order valence-corrected chi connectivity index (χ0v) is 8.06. The van der Waals surface area contributed by atoms with E-state index in [0.29, 0.717) is 6.04 Å². The van der Waals surface area contributed by atoms with Crippen LogP contribution in [0, 0.1) is 5.92 Å². The maximum Gasteiger partial charge on any atom is 0.00950 e. The second-order valence-electron chi connectivity index (χ2n) is 4.19. The van der Waals surface area contributed by atoms with E-state index in [9.17, 15) is 0 Å². The third kappa shape index (κ3) is 2.82. The van der Waals surface area contributed by atoms with Crippen molar-refractivity contribution in [3.63, 3.8) is 0 Å². The Morgan fingerprint density at radius 2 is 1.82 bits per heavy atom. The maximum absolute atomic E-state index is 3.63. The highest BCUT2D eigenvalue weighted by atomic mass is 14.9. The Bertz CT molecular complexity index is 109. The van der Waals surface area contributed by atoms with Gasteiger partial charge < -0.3 is 5.32 Å². The van der Waals surface area contributed by atoms with Gasteiger partial charge in [-0.2, -0.15) is 0 Å². The van der Waals surface area contributed by atoms with Gasteiger partial charge in [0.25, 0.3) is 0 Å². The van der Waals surface area contributed by atoms with Crippen molar-refractivity contribution in [1.82, 2.24) is 5.32 Å². The lowest BCUT2D eigenvalue weighted by atomic mass is 9.85. The number of rotatable bonds is 2. The fraction of sp³-hybridized carbons (Fsp3) is 1.00. The van der Waals surface area contributed by atoms with Crippen LogP contribution in [0.25, 0.3) is 0 Å². The van der Waals surface area contributed by atoms with Crippen molar-refractivity contribution >= 4 is 0 Å². The summed E-state index contributed by atoms with van der Waals surface area (Å²) < 4.78 is 0. The van der Waals surface area contributed by atoms with Crippen molar-refractivity contribution in [3.05, 3.63) is 0 Å². The summed E-state index contributed by atoms with van der Waals surface area (Å²) >= 11 is 0. The average Bonchev–Trinajstić information content (AvgIpc) is 1.93. The molecule has 1 rings (SSSR count). The molecule has 0 aromatic carbocycles. The minimum Gasteiger partial charge on any atom is -0.312 e. The molecule has 0 spiro atoms. The molecule has 2 atom stereocenters. The van der Waals surface area contributed by atoms with E-state index < -0.39 is 0 Å². The molecular weight excluding hydrogens is 134 g/mol. The van der Waals surface area contributed by atoms with Gasteiger partial charge in [-0.1, -0.05) is 33.6 Å². The van der Waals surface area contributed by atoms with Crippen LogP contribution in [0.4, 0.5) is 0 Å². The minimum atomic E-state index is 0.653. The first-order valence-corrected chi connectivity index (χ1v) is 4.96. The molecule has 11 heavy (non-hydrogen) atoms. The molecule has 1 heteroatoms. The summed E-state index contributed by atoms with van der Waals surface area (Å²) in [5, 5.41) is 3.63. The highest BCUT2D eigenvalue weighted by Crippen LogP contribution is 2.23. The van der Waals surface area contributed by atoms with Gasteiger partial charge in [0.15, 0.2) is 0 Å². The number of hydrogen-bond donors (Lipinski definition) is 1. The van der Waals surface area contributed by atoms with Gasteiger partial charge in [0.05, 0.1) is 0 Å². The van der Waals surface area contributed by atoms with E-state index in [1.165, 1.54) is 25.7 Å². The van der Waals surface area contributed by atoms with Crippen molar-refractivity contribution < 1.29 is 0 Å². The van der Waals surface area contributed by atoms with E-state index in [2.05, 4.69) is 26.1 Å². The van der Waals surface area contributed by atoms with Crippen LogP contribution in [0.3, 0.4) is 0 Å². The molecule has 1 aliphatic rings. The van der Waals surface area contributed by atoms with Crippen LogP contribution in [0.2, 0.25) is 0 Å². The van der Waals surface area contributed by atoms with E-state index in [1.807, 2.05) is 0 Å². The fourth-order valence-corrected chi connectivity index (χ4v) is 1.99. The van der Waals surface area contributed by atoms with Crippen LogP contribution in [-0.4, -0.2) is 12.1 Å². The van der Waals surface area contributed by atoms with Crippen LogP contribution >= 0.6 is 0 Å². The van der Waals surface area contributed by atoms with Gasteiger partial charge in [-0.3, -0.25) is 0 Å². The molecule has 2 unspecified atom stereocenters. The molecule has 0 aromatic heterocycles. The zero-order chi connectivity index (χ0) is 8.27. The van der Waals surface area contributed by atoms with Crippen LogP contribution < -0.4 is 5.32 Å². The van der Waals surface area contributed by atoms with Crippen molar-refractivity contribution in [2.45, 2.75) is 58.5 Å². The van der Waals surface area contributed by atoms with E-state index >= 15 is 0 Å². The van der Waals surface area contributed by atoms with Crippen molar-refractivity contribution in [3.8, 4) is 0 Å². The van der Waals surface area contributed by atoms with E-state index in [1.54, 1.807) is 0 Å². The van der Waals surface area contributed by atoms with Crippen molar-refractivity contribution in [2.75, 3.05) is 0 Å². The molecule has 0 amide bonds. The monoisotopic (exact) mass is 155 g/mol. The van der Waals surface area contributed by atoms with E-state index in [-0.39, 0.29) is 0 Å². The summed E-state index contributed by atoms with van der Waals surface area (Å²) in [4.78, 5) is 0. The quantitative estimate of drug-likeness (QED) is 0.646. The molecule has 0 aromatic rings. The third-order valence-electron chi connectivity index (χ3n) is 2.66. The lowest BCUT2D eigenvalue weighted by Crippen LogP contribution is -2.41. The van der Waals surface area contributed by atoms with Crippen LogP contribution in [0.5, 0.6) is 0 Å². The van der Waals surface area contributed by atoms with Gasteiger partial charge in [-0.05, 0) is 18.8 Å². The Morgan fingerprint density at radius 3 is 2.36 bits per heavy atom. The number of nitrogens with one attached hydrogen (secondary N) is 1. The van der Waals surface area contributed by atoms with Gasteiger partial charge in [0.1, 0.15) is 0 Å². The smallest absolute Gasteiger partial charge is 0.00950 e. The predicted molar refractivity (Wildman–Crippen MR) is 49.7 cm³/mol. The molecule has 1 nitrogen and oxygen atoms in total. The van der Waals surface area contributed by atoms with E-state index in [0.717, 1.165) is 12.0 Å². The number of hydrogen-bond acceptors (Lipinski definition) is 1. The van der Waals surface area contributed by atoms with Gasteiger partial charge in [-0.15, -0.1) is 0 Å². The fourth-order valence-electron chi connectivity index (χ4n) is 1.99. The summed E-state index contributed by atoms with van der Waals surface area (Å²) in [6.07, 6.45) is 5.68. The molecule has 0 bridgehead atoms. The maximum atomic E-state index is 3.63. The minimum absolute atomic E-state index is 0.653. The van der Waals surface area contributed by atoms with Crippen molar-refractivity contribution in [1.29, 1.82) is 0 Å². The molecule has 0 radical (unpaired) electrons. The molecule has 0 saturated heterocycles. The summed E-state index contributed by atoms with van der Waals surface area (Å²) in [7, 11) is 0. The van der Waals surface area contributed by atoms with Gasteiger partial charge in [0, 0.05) is 12.1 Å². The van der Waals surface area contributed by atoms with Crippen LogP contribution in [0.1, 0.15) is 46.5 Å². The van der Waals surface area contributed by atoms with Crippen LogP contribution in [0.15, 0.2) is 0 Å². The Balaban J connectivity index is 2.29. The first-order valence-electron chi connectivity index (χ1n) is 4.96. The first-order chi connectivity index (χ1) is 5.20. The molecule has 0 aliphatic heterocycles. The topological polar surface area (TPSA) is 12.0 Å². The zero-order valence-electron chi connectivity index (χ0n) is 8.06. The third-order valence-corrected chi connectivity index (χ3v) is 2.66. The second kappa shape index (κ2) is 4.10. The Morgan fingerprint density at radius 1 is 1.18 bits per heavy atom. The van der Waals surface area contributed by atoms with Gasteiger partial charge >= 0.3 is 0 Å². The Kier molecular flexibility index (Phi) is 3.38. The largest absolute Gasteiger partial charge is 0.312 e. The molecule has 1 fully saturated rings. The highest BCUT2D eigenvalue weighted by Gasteiger charge is 2.20. The standard InChI is InChI=1S/C10H21N/c1-8(2)11-10-7-5-4-6-9(10)3/h8-11H,4-7H2,1-3H3. The molecule has 1 N–H and O–H groups in total. The highest BCUT2D eigenvalue weighted by molar-refractivity contribution is 4.78. The average molecular weight is 155 g/mol. The summed E-state index contributed by atoms with van der Waals surface area (Å²) in [5.41, 5.74) is 0. The Hall–Kier alpha value is -0.0400.